The molecule has 2 aromatic heterocycles. The van der Waals surface area contributed by atoms with Gasteiger partial charge >= 0.3 is 0 Å². The number of rotatable bonds is 5. The Morgan fingerprint density at radius 3 is 2.71 bits per heavy atom. The molecule has 1 amide bonds. The van der Waals surface area contributed by atoms with Gasteiger partial charge in [0.05, 0.1) is 17.8 Å². The van der Waals surface area contributed by atoms with Crippen LogP contribution in [0.3, 0.4) is 0 Å². The summed E-state index contributed by atoms with van der Waals surface area (Å²) in [7, 11) is 0. The molecule has 0 aliphatic carbocycles. The van der Waals surface area contributed by atoms with Crippen molar-refractivity contribution in [2.24, 2.45) is 0 Å². The number of carbonyl (C=O) groups excluding carboxylic acids is 1. The molecule has 0 aliphatic rings. The zero-order chi connectivity index (χ0) is 19.7. The van der Waals surface area contributed by atoms with E-state index in [2.05, 4.69) is 29.4 Å². The van der Waals surface area contributed by atoms with E-state index in [9.17, 15) is 13.6 Å². The maximum Gasteiger partial charge on any atom is 0.230 e. The highest BCUT2D eigenvalue weighted by molar-refractivity contribution is 7.15. The number of imidazole rings is 1. The van der Waals surface area contributed by atoms with Gasteiger partial charge in [0, 0.05) is 28.9 Å². The molecule has 7 heteroatoms. The van der Waals surface area contributed by atoms with E-state index in [1.54, 1.807) is 0 Å². The van der Waals surface area contributed by atoms with Gasteiger partial charge in [-0.25, -0.2) is 13.8 Å². The molecule has 4 aromatic rings. The Morgan fingerprint density at radius 2 is 1.96 bits per heavy atom. The molecule has 0 aliphatic heterocycles. The Morgan fingerprint density at radius 1 is 1.18 bits per heavy atom. The Balaban J connectivity index is 1.55. The van der Waals surface area contributed by atoms with Gasteiger partial charge in [-0.2, -0.15) is 0 Å². The van der Waals surface area contributed by atoms with Crippen molar-refractivity contribution in [1.82, 2.24) is 9.38 Å². The van der Waals surface area contributed by atoms with Gasteiger partial charge in [-0.3, -0.25) is 9.20 Å². The van der Waals surface area contributed by atoms with E-state index in [1.807, 2.05) is 28.1 Å². The summed E-state index contributed by atoms with van der Waals surface area (Å²) in [6, 6.07) is 11.2. The fourth-order valence-electron chi connectivity index (χ4n) is 2.96. The third-order valence-corrected chi connectivity index (χ3v) is 5.37. The van der Waals surface area contributed by atoms with E-state index in [4.69, 9.17) is 0 Å². The topological polar surface area (TPSA) is 46.4 Å². The van der Waals surface area contributed by atoms with Crippen molar-refractivity contribution < 1.29 is 13.6 Å². The van der Waals surface area contributed by atoms with E-state index in [1.165, 1.54) is 16.9 Å². The molecule has 0 fully saturated rings. The molecule has 0 spiro atoms. The van der Waals surface area contributed by atoms with Gasteiger partial charge in [-0.05, 0) is 24.1 Å². The van der Waals surface area contributed by atoms with E-state index in [0.29, 0.717) is 0 Å². The first-order chi connectivity index (χ1) is 13.5. The van der Waals surface area contributed by atoms with Crippen molar-refractivity contribution >= 4 is 27.9 Å². The molecule has 28 heavy (non-hydrogen) atoms. The highest BCUT2D eigenvalue weighted by Crippen LogP contribution is 2.25. The fourth-order valence-corrected chi connectivity index (χ4v) is 3.83. The van der Waals surface area contributed by atoms with Crippen LogP contribution in [-0.2, 0) is 17.6 Å². The van der Waals surface area contributed by atoms with E-state index >= 15 is 0 Å². The number of carbonyl (C=O) groups is 1. The van der Waals surface area contributed by atoms with E-state index in [-0.39, 0.29) is 12.1 Å². The van der Waals surface area contributed by atoms with Crippen LogP contribution >= 0.6 is 11.3 Å². The lowest BCUT2D eigenvalue weighted by molar-refractivity contribution is -0.115. The lowest BCUT2D eigenvalue weighted by Crippen LogP contribution is -2.16. The summed E-state index contributed by atoms with van der Waals surface area (Å²) in [5, 5.41) is 4.26. The Labute approximate surface area is 164 Å². The van der Waals surface area contributed by atoms with Gasteiger partial charge in [-0.15, -0.1) is 11.3 Å². The van der Waals surface area contributed by atoms with Gasteiger partial charge in [0.15, 0.2) is 4.96 Å². The van der Waals surface area contributed by atoms with Crippen molar-refractivity contribution in [3.8, 4) is 11.3 Å². The van der Waals surface area contributed by atoms with Crippen molar-refractivity contribution in [2.45, 2.75) is 19.8 Å². The molecule has 2 heterocycles. The molecule has 0 bridgehead atoms. The largest absolute Gasteiger partial charge is 0.323 e. The summed E-state index contributed by atoms with van der Waals surface area (Å²) in [4.78, 5) is 17.7. The standard InChI is InChI=1S/C21H17F2N3OS/c1-2-13-3-5-14(6-4-13)19-11-26-16(12-28-21(26)25-19)10-20(27)24-18-9-15(22)7-8-17(18)23/h3-9,11-12H,2,10H2,1H3,(H,24,27). The molecule has 2 aromatic carbocycles. The van der Waals surface area contributed by atoms with Crippen molar-refractivity contribution in [2.75, 3.05) is 5.32 Å². The van der Waals surface area contributed by atoms with Gasteiger partial charge < -0.3 is 5.32 Å². The van der Waals surface area contributed by atoms with Gasteiger partial charge in [0.25, 0.3) is 0 Å². The average Bonchev–Trinajstić information content (AvgIpc) is 3.27. The molecule has 4 nitrogen and oxygen atoms in total. The second-order valence-electron chi connectivity index (χ2n) is 6.41. The molecule has 0 saturated carbocycles. The quantitative estimate of drug-likeness (QED) is 0.510. The first kappa shape index (κ1) is 18.3. The average molecular weight is 397 g/mol. The van der Waals surface area contributed by atoms with Crippen LogP contribution in [0.4, 0.5) is 14.5 Å². The van der Waals surface area contributed by atoms with Crippen LogP contribution in [0.25, 0.3) is 16.2 Å². The number of aromatic nitrogens is 2. The fraction of sp³-hybridized carbons (Fsp3) is 0.143. The molecular formula is C21H17F2N3OS. The first-order valence-corrected chi connectivity index (χ1v) is 9.71. The third-order valence-electron chi connectivity index (χ3n) is 4.49. The third kappa shape index (κ3) is 3.66. The molecular weight excluding hydrogens is 380 g/mol. The summed E-state index contributed by atoms with van der Waals surface area (Å²) in [6.45, 7) is 2.11. The van der Waals surface area contributed by atoms with E-state index < -0.39 is 17.5 Å². The summed E-state index contributed by atoms with van der Waals surface area (Å²) in [5.74, 6) is -1.71. The predicted octanol–water partition coefficient (Wildman–Crippen LogP) is 5.08. The molecule has 0 saturated heterocycles. The van der Waals surface area contributed by atoms with Crippen LogP contribution in [0, 0.1) is 11.6 Å². The zero-order valence-corrected chi connectivity index (χ0v) is 15.9. The SMILES string of the molecule is CCc1ccc(-c2cn3c(CC(=O)Nc4cc(F)ccc4F)csc3n2)cc1. The predicted molar refractivity (Wildman–Crippen MR) is 107 cm³/mol. The van der Waals surface area contributed by atoms with Gasteiger partial charge in [0.2, 0.25) is 5.91 Å². The maximum absolute atomic E-state index is 13.7. The minimum atomic E-state index is -0.675. The Kier molecular flexibility index (Phi) is 4.92. The lowest BCUT2D eigenvalue weighted by atomic mass is 10.1. The van der Waals surface area contributed by atoms with Crippen LogP contribution in [0.5, 0.6) is 0 Å². The number of benzene rings is 2. The van der Waals surface area contributed by atoms with E-state index in [0.717, 1.165) is 46.5 Å². The number of anilines is 1. The molecule has 4 rings (SSSR count). The zero-order valence-electron chi connectivity index (χ0n) is 15.1. The van der Waals surface area contributed by atoms with Crippen LogP contribution in [-0.4, -0.2) is 15.3 Å². The summed E-state index contributed by atoms with van der Waals surface area (Å²) in [6.07, 6.45) is 2.89. The second-order valence-corrected chi connectivity index (χ2v) is 7.24. The minimum absolute atomic E-state index is 0.0283. The number of amides is 1. The van der Waals surface area contributed by atoms with Crippen LogP contribution in [0.1, 0.15) is 18.2 Å². The van der Waals surface area contributed by atoms with Crippen LogP contribution in [0.15, 0.2) is 54.0 Å². The number of halogens is 2. The molecule has 1 N–H and O–H groups in total. The Bertz CT molecular complexity index is 1150. The molecule has 0 atom stereocenters. The Hall–Kier alpha value is -3.06. The van der Waals surface area contributed by atoms with Crippen LogP contribution in [0.2, 0.25) is 0 Å². The van der Waals surface area contributed by atoms with Gasteiger partial charge in [-0.1, -0.05) is 31.2 Å². The van der Waals surface area contributed by atoms with Crippen molar-refractivity contribution in [1.29, 1.82) is 0 Å². The number of hydrogen-bond donors (Lipinski definition) is 1. The number of thiazole rings is 1. The number of fused-ring (bicyclic) bond motifs is 1. The lowest BCUT2D eigenvalue weighted by Gasteiger charge is -2.06. The first-order valence-electron chi connectivity index (χ1n) is 8.83. The number of nitrogens with zero attached hydrogens (tertiary/aromatic N) is 2. The van der Waals surface area contributed by atoms with Crippen molar-refractivity contribution in [3.05, 3.63) is 76.9 Å². The van der Waals surface area contributed by atoms with Crippen LogP contribution < -0.4 is 5.32 Å². The number of nitrogens with one attached hydrogen (secondary N) is 1. The maximum atomic E-state index is 13.7. The number of hydrogen-bond acceptors (Lipinski definition) is 3. The monoisotopic (exact) mass is 397 g/mol. The summed E-state index contributed by atoms with van der Waals surface area (Å²) in [5.41, 5.74) is 3.65. The summed E-state index contributed by atoms with van der Waals surface area (Å²) >= 11 is 1.43. The smallest absolute Gasteiger partial charge is 0.230 e. The highest BCUT2D eigenvalue weighted by Gasteiger charge is 2.14. The molecule has 0 radical (unpaired) electrons. The minimum Gasteiger partial charge on any atom is -0.323 e. The highest BCUT2D eigenvalue weighted by atomic mass is 32.1. The normalized spacial score (nSPS) is 11.1. The number of aryl methyl sites for hydroxylation is 1. The van der Waals surface area contributed by atoms with Gasteiger partial charge in [0.1, 0.15) is 11.6 Å². The molecule has 142 valence electrons. The summed E-state index contributed by atoms with van der Waals surface area (Å²) < 4.78 is 28.8. The molecule has 0 unspecified atom stereocenters. The van der Waals surface area contributed by atoms with Crippen molar-refractivity contribution in [3.63, 3.8) is 0 Å². The second kappa shape index (κ2) is 7.52.